The van der Waals surface area contributed by atoms with Gasteiger partial charge in [0, 0.05) is 18.8 Å². The predicted molar refractivity (Wildman–Crippen MR) is 71.9 cm³/mol. The van der Waals surface area contributed by atoms with Gasteiger partial charge in [-0.3, -0.25) is 0 Å². The fourth-order valence-corrected chi connectivity index (χ4v) is 5.10. The lowest BCUT2D eigenvalue weighted by Gasteiger charge is -2.31. The normalized spacial score (nSPS) is 19.2. The molecule has 1 saturated carbocycles. The molecule has 0 aromatic heterocycles. The van der Waals surface area contributed by atoms with Crippen molar-refractivity contribution < 1.29 is 13.6 Å². The standard InChI is InChI=1S/C13H28O3Si/c1-3-11-15-17(14,16-12-4-2)13-9-7-5-6-8-10-13/h13-14H,3-12H2,1-2H3. The molecule has 1 N–H and O–H groups in total. The molecule has 3 nitrogen and oxygen atoms in total. The average Bonchev–Trinajstić information content (AvgIpc) is 2.63. The molecule has 0 bridgehead atoms. The molecule has 1 aliphatic carbocycles. The molecule has 0 unspecified atom stereocenters. The van der Waals surface area contributed by atoms with Crippen molar-refractivity contribution in [3.05, 3.63) is 0 Å². The highest BCUT2D eigenvalue weighted by molar-refractivity contribution is 6.61. The minimum absolute atomic E-state index is 0.281. The third-order valence-corrected chi connectivity index (χ3v) is 6.24. The van der Waals surface area contributed by atoms with Gasteiger partial charge in [0.25, 0.3) is 0 Å². The zero-order chi connectivity index (χ0) is 12.6. The van der Waals surface area contributed by atoms with Crippen LogP contribution in [0.1, 0.15) is 65.2 Å². The minimum atomic E-state index is -2.92. The molecule has 1 aliphatic rings. The summed E-state index contributed by atoms with van der Waals surface area (Å²) in [6.45, 7) is 5.40. The Morgan fingerprint density at radius 2 is 1.41 bits per heavy atom. The van der Waals surface area contributed by atoms with E-state index in [-0.39, 0.29) is 5.54 Å². The SMILES string of the molecule is CCCO[Si](O)(OCCC)C1CCCCCC1. The van der Waals surface area contributed by atoms with E-state index in [4.69, 9.17) is 8.85 Å². The van der Waals surface area contributed by atoms with E-state index >= 15 is 0 Å². The molecule has 17 heavy (non-hydrogen) atoms. The van der Waals surface area contributed by atoms with Crippen LogP contribution in [0.3, 0.4) is 0 Å². The summed E-state index contributed by atoms with van der Waals surface area (Å²) in [5.41, 5.74) is 0.281. The van der Waals surface area contributed by atoms with Crippen molar-refractivity contribution in [2.75, 3.05) is 13.2 Å². The van der Waals surface area contributed by atoms with E-state index in [0.29, 0.717) is 13.2 Å². The van der Waals surface area contributed by atoms with Crippen LogP contribution in [-0.2, 0) is 8.85 Å². The highest BCUT2D eigenvalue weighted by atomic mass is 28.4. The zero-order valence-electron chi connectivity index (χ0n) is 11.4. The van der Waals surface area contributed by atoms with Crippen LogP contribution in [0.2, 0.25) is 5.54 Å². The van der Waals surface area contributed by atoms with Crippen molar-refractivity contribution in [3.63, 3.8) is 0 Å². The predicted octanol–water partition coefficient (Wildman–Crippen LogP) is 3.50. The second-order valence-corrected chi connectivity index (χ2v) is 7.67. The summed E-state index contributed by atoms with van der Waals surface area (Å²) in [6, 6.07) is 0. The Bertz CT molecular complexity index is 183. The minimum Gasteiger partial charge on any atom is -0.390 e. The molecule has 1 rings (SSSR count). The third kappa shape index (κ3) is 5.08. The molecule has 0 spiro atoms. The number of hydrogen-bond donors (Lipinski definition) is 1. The van der Waals surface area contributed by atoms with Gasteiger partial charge in [0.2, 0.25) is 0 Å². The van der Waals surface area contributed by atoms with Crippen molar-refractivity contribution >= 4 is 8.80 Å². The molecule has 0 aliphatic heterocycles. The van der Waals surface area contributed by atoms with Crippen molar-refractivity contribution in [3.8, 4) is 0 Å². The van der Waals surface area contributed by atoms with Gasteiger partial charge in [-0.2, -0.15) is 0 Å². The topological polar surface area (TPSA) is 38.7 Å². The first kappa shape index (κ1) is 15.2. The molecule has 1 fully saturated rings. The van der Waals surface area contributed by atoms with Crippen LogP contribution in [0.5, 0.6) is 0 Å². The summed E-state index contributed by atoms with van der Waals surface area (Å²) < 4.78 is 11.5. The van der Waals surface area contributed by atoms with Crippen molar-refractivity contribution in [1.82, 2.24) is 0 Å². The van der Waals surface area contributed by atoms with Crippen LogP contribution in [0.15, 0.2) is 0 Å². The van der Waals surface area contributed by atoms with Gasteiger partial charge in [-0.05, 0) is 25.7 Å². The van der Waals surface area contributed by atoms with E-state index in [1.54, 1.807) is 0 Å². The van der Waals surface area contributed by atoms with E-state index in [0.717, 1.165) is 25.7 Å². The molecule has 0 heterocycles. The van der Waals surface area contributed by atoms with Gasteiger partial charge >= 0.3 is 8.80 Å². The molecule has 0 radical (unpaired) electrons. The Morgan fingerprint density at radius 3 is 1.82 bits per heavy atom. The van der Waals surface area contributed by atoms with Crippen LogP contribution < -0.4 is 0 Å². The Morgan fingerprint density at radius 1 is 0.941 bits per heavy atom. The van der Waals surface area contributed by atoms with Gasteiger partial charge in [0.15, 0.2) is 0 Å². The van der Waals surface area contributed by atoms with E-state index in [2.05, 4.69) is 13.8 Å². The van der Waals surface area contributed by atoms with Gasteiger partial charge in [-0.25, -0.2) is 0 Å². The van der Waals surface area contributed by atoms with Gasteiger partial charge < -0.3 is 13.6 Å². The quantitative estimate of drug-likeness (QED) is 0.562. The first-order valence-electron chi connectivity index (χ1n) is 7.23. The monoisotopic (exact) mass is 260 g/mol. The van der Waals surface area contributed by atoms with E-state index in [1.165, 1.54) is 25.7 Å². The fourth-order valence-electron chi connectivity index (χ4n) is 2.42. The molecule has 0 amide bonds. The van der Waals surface area contributed by atoms with Crippen LogP contribution in [0.4, 0.5) is 0 Å². The summed E-state index contributed by atoms with van der Waals surface area (Å²) in [7, 11) is -2.92. The molecule has 0 saturated heterocycles. The fraction of sp³-hybridized carbons (Fsp3) is 1.00. The smallest absolute Gasteiger partial charge is 0.390 e. The van der Waals surface area contributed by atoms with Crippen LogP contribution >= 0.6 is 0 Å². The first-order chi connectivity index (χ1) is 8.23. The Hall–Kier alpha value is 0.0969. The van der Waals surface area contributed by atoms with Gasteiger partial charge in [0.05, 0.1) is 0 Å². The maximum atomic E-state index is 10.7. The molecule has 4 heteroatoms. The lowest BCUT2D eigenvalue weighted by molar-refractivity contribution is 0.0842. The Kier molecular flexibility index (Phi) is 7.35. The van der Waals surface area contributed by atoms with Crippen molar-refractivity contribution in [1.29, 1.82) is 0 Å². The number of hydrogen-bond acceptors (Lipinski definition) is 3. The van der Waals surface area contributed by atoms with E-state index in [1.807, 2.05) is 0 Å². The van der Waals surface area contributed by atoms with Crippen LogP contribution in [0.25, 0.3) is 0 Å². The summed E-state index contributed by atoms with van der Waals surface area (Å²) >= 11 is 0. The highest BCUT2D eigenvalue weighted by Crippen LogP contribution is 2.35. The summed E-state index contributed by atoms with van der Waals surface area (Å²) in [5.74, 6) is 0. The highest BCUT2D eigenvalue weighted by Gasteiger charge is 2.45. The third-order valence-electron chi connectivity index (χ3n) is 3.40. The summed E-state index contributed by atoms with van der Waals surface area (Å²) in [6.07, 6.45) is 9.06. The first-order valence-corrected chi connectivity index (χ1v) is 9.07. The van der Waals surface area contributed by atoms with Crippen LogP contribution in [-0.4, -0.2) is 26.8 Å². The van der Waals surface area contributed by atoms with E-state index < -0.39 is 8.80 Å². The second kappa shape index (κ2) is 8.24. The zero-order valence-corrected chi connectivity index (χ0v) is 12.4. The molecular weight excluding hydrogens is 232 g/mol. The number of rotatable bonds is 7. The Labute approximate surface area is 107 Å². The van der Waals surface area contributed by atoms with Gasteiger partial charge in [-0.1, -0.05) is 39.5 Å². The van der Waals surface area contributed by atoms with Crippen LogP contribution in [0, 0.1) is 0 Å². The average molecular weight is 260 g/mol. The van der Waals surface area contributed by atoms with Crippen molar-refractivity contribution in [2.24, 2.45) is 0 Å². The summed E-state index contributed by atoms with van der Waals surface area (Å²) in [5, 5.41) is 0. The Balaban J connectivity index is 2.57. The van der Waals surface area contributed by atoms with Crippen molar-refractivity contribution in [2.45, 2.75) is 70.8 Å². The molecular formula is C13H28O3Si. The largest absolute Gasteiger partial charge is 0.501 e. The van der Waals surface area contributed by atoms with Gasteiger partial charge in [0.1, 0.15) is 0 Å². The maximum absolute atomic E-state index is 10.7. The van der Waals surface area contributed by atoms with Gasteiger partial charge in [-0.15, -0.1) is 0 Å². The molecule has 0 aromatic carbocycles. The molecule has 102 valence electrons. The molecule has 0 atom stereocenters. The second-order valence-electron chi connectivity index (χ2n) is 5.02. The summed E-state index contributed by atoms with van der Waals surface area (Å²) in [4.78, 5) is 10.7. The molecule has 0 aromatic rings. The lowest BCUT2D eigenvalue weighted by atomic mass is 10.2. The van der Waals surface area contributed by atoms with E-state index in [9.17, 15) is 4.80 Å². The lowest BCUT2D eigenvalue weighted by Crippen LogP contribution is -2.47. The maximum Gasteiger partial charge on any atom is 0.501 e.